The number of hydrogen-bond donors (Lipinski definition) is 0. The number of nitrogens with zero attached hydrogens (tertiary/aromatic N) is 1. The molecule has 0 saturated carbocycles. The second-order valence-corrected chi connectivity index (χ2v) is 8.53. The third kappa shape index (κ3) is 5.81. The van der Waals surface area contributed by atoms with Crippen molar-refractivity contribution >= 4 is 23.0 Å². The number of amides is 1. The molecule has 0 radical (unpaired) electrons. The second kappa shape index (κ2) is 10.4. The van der Waals surface area contributed by atoms with E-state index in [1.165, 1.54) is 0 Å². The molecule has 0 unspecified atom stereocenters. The Bertz CT molecular complexity index is 980. The molecule has 0 aliphatic carbocycles. The topological polar surface area (TPSA) is 55.8 Å². The van der Waals surface area contributed by atoms with Gasteiger partial charge in [0.2, 0.25) is 0 Å². The van der Waals surface area contributed by atoms with Crippen molar-refractivity contribution < 1.29 is 19.1 Å². The Morgan fingerprint density at radius 1 is 1.00 bits per heavy atom. The largest absolute Gasteiger partial charge is 0.484 e. The zero-order chi connectivity index (χ0) is 21.5. The number of carbonyl (C=O) groups is 2. The molecular formula is C25H25NO4S. The van der Waals surface area contributed by atoms with Gasteiger partial charge >= 0.3 is 0 Å². The van der Waals surface area contributed by atoms with Gasteiger partial charge in [0.25, 0.3) is 5.91 Å². The van der Waals surface area contributed by atoms with Gasteiger partial charge in [0, 0.05) is 29.2 Å². The number of ether oxygens (including phenoxy) is 2. The van der Waals surface area contributed by atoms with Gasteiger partial charge in [-0.25, -0.2) is 0 Å². The number of ketones is 1. The van der Waals surface area contributed by atoms with E-state index < -0.39 is 0 Å². The van der Waals surface area contributed by atoms with E-state index >= 15 is 0 Å². The Morgan fingerprint density at radius 3 is 2.45 bits per heavy atom. The van der Waals surface area contributed by atoms with Gasteiger partial charge in [0.05, 0.1) is 12.6 Å². The van der Waals surface area contributed by atoms with Crippen molar-refractivity contribution in [3.05, 3.63) is 88.1 Å². The average Bonchev–Trinajstić information content (AvgIpc) is 3.52. The minimum absolute atomic E-state index is 0.0399. The van der Waals surface area contributed by atoms with Crippen LogP contribution < -0.4 is 4.74 Å². The van der Waals surface area contributed by atoms with Crippen LogP contribution in [0, 0.1) is 0 Å². The van der Waals surface area contributed by atoms with Crippen molar-refractivity contribution in [1.82, 2.24) is 4.90 Å². The summed E-state index contributed by atoms with van der Waals surface area (Å²) in [4.78, 5) is 28.4. The number of thiophene rings is 1. The highest BCUT2D eigenvalue weighted by atomic mass is 32.1. The first-order valence-corrected chi connectivity index (χ1v) is 11.3. The molecule has 3 aromatic rings. The summed E-state index contributed by atoms with van der Waals surface area (Å²) in [6, 6.07) is 20.1. The predicted octanol–water partition coefficient (Wildman–Crippen LogP) is 4.57. The van der Waals surface area contributed by atoms with E-state index in [0.717, 1.165) is 24.3 Å². The molecule has 1 aliphatic heterocycles. The second-order valence-electron chi connectivity index (χ2n) is 7.50. The van der Waals surface area contributed by atoms with Gasteiger partial charge in [0.15, 0.2) is 12.4 Å². The van der Waals surface area contributed by atoms with Gasteiger partial charge in [0.1, 0.15) is 5.75 Å². The number of benzene rings is 2. The van der Waals surface area contributed by atoms with Crippen molar-refractivity contribution in [1.29, 1.82) is 0 Å². The lowest BCUT2D eigenvalue weighted by Gasteiger charge is -2.25. The molecule has 0 spiro atoms. The van der Waals surface area contributed by atoms with Crippen LogP contribution in [0.3, 0.4) is 0 Å². The third-order valence-electron chi connectivity index (χ3n) is 5.24. The fourth-order valence-electron chi connectivity index (χ4n) is 3.57. The third-order valence-corrected chi connectivity index (χ3v) is 6.10. The van der Waals surface area contributed by atoms with Crippen LogP contribution >= 0.6 is 11.3 Å². The molecule has 31 heavy (non-hydrogen) atoms. The van der Waals surface area contributed by atoms with Gasteiger partial charge < -0.3 is 14.4 Å². The monoisotopic (exact) mass is 435 g/mol. The Hall–Kier alpha value is -2.96. The van der Waals surface area contributed by atoms with Crippen molar-refractivity contribution in [2.75, 3.05) is 19.8 Å². The maximum atomic E-state index is 12.9. The van der Waals surface area contributed by atoms with Gasteiger partial charge in [-0.15, -0.1) is 11.3 Å². The summed E-state index contributed by atoms with van der Waals surface area (Å²) >= 11 is 1.64. The fraction of sp³-hybridized carbons (Fsp3) is 0.280. The zero-order valence-electron chi connectivity index (χ0n) is 17.2. The molecule has 1 atom stereocenters. The Kier molecular flexibility index (Phi) is 7.12. The summed E-state index contributed by atoms with van der Waals surface area (Å²) in [6.45, 7) is 1.84. The summed E-state index contributed by atoms with van der Waals surface area (Å²) in [7, 11) is 0. The first-order valence-electron chi connectivity index (χ1n) is 10.4. The molecular weight excluding hydrogens is 410 g/mol. The van der Waals surface area contributed by atoms with Crippen LogP contribution in [-0.4, -0.2) is 42.5 Å². The molecule has 1 fully saturated rings. The summed E-state index contributed by atoms with van der Waals surface area (Å²) in [5.41, 5.74) is 1.23. The van der Waals surface area contributed by atoms with Crippen molar-refractivity contribution in [2.24, 2.45) is 0 Å². The van der Waals surface area contributed by atoms with E-state index in [1.54, 1.807) is 47.7 Å². The highest BCUT2D eigenvalue weighted by Gasteiger charge is 2.23. The van der Waals surface area contributed by atoms with Crippen molar-refractivity contribution in [3.8, 4) is 5.75 Å². The first kappa shape index (κ1) is 21.3. The van der Waals surface area contributed by atoms with E-state index in [-0.39, 0.29) is 24.4 Å². The Balaban J connectivity index is 1.35. The quantitative estimate of drug-likeness (QED) is 0.462. The number of carbonyl (C=O) groups excluding carboxylic acids is 2. The number of rotatable bonds is 9. The standard InChI is InChI=1S/C25H25NO4S/c27-24(26(16-22-8-4-14-29-22)17-23-9-5-15-31-23)18-30-21-12-10-20(11-13-21)25(28)19-6-2-1-3-7-19/h1-3,5-7,9-13,15,22H,4,8,14,16-18H2/t22-/m1/s1. The van der Waals surface area contributed by atoms with Crippen LogP contribution in [0.4, 0.5) is 0 Å². The first-order chi connectivity index (χ1) is 15.2. The molecule has 5 nitrogen and oxygen atoms in total. The van der Waals surface area contributed by atoms with Crippen molar-refractivity contribution in [3.63, 3.8) is 0 Å². The molecule has 4 rings (SSSR count). The fourth-order valence-corrected chi connectivity index (χ4v) is 4.29. The molecule has 0 bridgehead atoms. The molecule has 160 valence electrons. The highest BCUT2D eigenvalue weighted by Crippen LogP contribution is 2.19. The molecule has 2 aromatic carbocycles. The number of hydrogen-bond acceptors (Lipinski definition) is 5. The molecule has 2 heterocycles. The molecule has 1 aromatic heterocycles. The van der Waals surface area contributed by atoms with Gasteiger partial charge in [-0.3, -0.25) is 9.59 Å². The average molecular weight is 436 g/mol. The van der Waals surface area contributed by atoms with E-state index in [9.17, 15) is 9.59 Å². The lowest BCUT2D eigenvalue weighted by molar-refractivity contribution is -0.135. The van der Waals surface area contributed by atoms with Crippen molar-refractivity contribution in [2.45, 2.75) is 25.5 Å². The minimum atomic E-state index is -0.0756. The molecule has 1 saturated heterocycles. The molecule has 6 heteroatoms. The normalized spacial score (nSPS) is 15.5. The van der Waals surface area contributed by atoms with Crippen LogP contribution in [0.5, 0.6) is 5.75 Å². The van der Waals surface area contributed by atoms with E-state index in [1.807, 2.05) is 40.6 Å². The lowest BCUT2D eigenvalue weighted by Crippen LogP contribution is -2.39. The van der Waals surface area contributed by atoms with E-state index in [4.69, 9.17) is 9.47 Å². The van der Waals surface area contributed by atoms with Crippen LogP contribution in [0.2, 0.25) is 0 Å². The summed E-state index contributed by atoms with van der Waals surface area (Å²) < 4.78 is 11.5. The summed E-state index contributed by atoms with van der Waals surface area (Å²) in [6.07, 6.45) is 2.11. The van der Waals surface area contributed by atoms with Crippen LogP contribution in [-0.2, 0) is 16.1 Å². The Morgan fingerprint density at radius 2 is 1.77 bits per heavy atom. The molecule has 1 amide bonds. The maximum absolute atomic E-state index is 12.9. The lowest BCUT2D eigenvalue weighted by atomic mass is 10.0. The zero-order valence-corrected chi connectivity index (χ0v) is 18.1. The van der Waals surface area contributed by atoms with Crippen LogP contribution in [0.1, 0.15) is 33.6 Å². The van der Waals surface area contributed by atoms with E-state index in [0.29, 0.717) is 30.0 Å². The predicted molar refractivity (Wildman–Crippen MR) is 121 cm³/mol. The van der Waals surface area contributed by atoms with E-state index in [2.05, 4.69) is 0 Å². The van der Waals surface area contributed by atoms with Gasteiger partial charge in [-0.05, 0) is 48.6 Å². The highest BCUT2D eigenvalue weighted by molar-refractivity contribution is 7.09. The summed E-state index contributed by atoms with van der Waals surface area (Å²) in [5, 5.41) is 2.01. The SMILES string of the molecule is O=C(c1ccccc1)c1ccc(OCC(=O)N(Cc2cccs2)C[C@H]2CCCO2)cc1. The minimum Gasteiger partial charge on any atom is -0.484 e. The summed E-state index contributed by atoms with van der Waals surface area (Å²) in [5.74, 6) is 0.446. The van der Waals surface area contributed by atoms with Crippen LogP contribution in [0.15, 0.2) is 72.1 Å². The Labute approximate surface area is 186 Å². The van der Waals surface area contributed by atoms with Gasteiger partial charge in [-0.2, -0.15) is 0 Å². The smallest absolute Gasteiger partial charge is 0.260 e. The molecule has 0 N–H and O–H groups in total. The van der Waals surface area contributed by atoms with Gasteiger partial charge in [-0.1, -0.05) is 36.4 Å². The maximum Gasteiger partial charge on any atom is 0.260 e. The molecule has 1 aliphatic rings. The van der Waals surface area contributed by atoms with Crippen LogP contribution in [0.25, 0.3) is 0 Å².